The number of aromatic nitrogens is 2. The zero-order valence-corrected chi connectivity index (χ0v) is 12.2. The number of rotatable bonds is 2. The highest BCUT2D eigenvalue weighted by Crippen LogP contribution is 2.29. The van der Waals surface area contributed by atoms with Gasteiger partial charge in [0.25, 0.3) is 0 Å². The van der Waals surface area contributed by atoms with Crippen molar-refractivity contribution in [1.82, 2.24) is 15.3 Å². The fraction of sp³-hybridized carbons (Fsp3) is 0.412. The van der Waals surface area contributed by atoms with Gasteiger partial charge in [0.05, 0.1) is 0 Å². The Kier molecular flexibility index (Phi) is 3.53. The average Bonchev–Trinajstić information content (AvgIpc) is 2.72. The van der Waals surface area contributed by atoms with Crippen LogP contribution in [-0.2, 0) is 18.3 Å². The second kappa shape index (κ2) is 5.33. The monoisotopic (exact) mass is 267 g/mol. The first-order valence-electron chi connectivity index (χ1n) is 7.29. The van der Waals surface area contributed by atoms with Gasteiger partial charge in [0, 0.05) is 30.3 Å². The first-order valence-corrected chi connectivity index (χ1v) is 7.29. The summed E-state index contributed by atoms with van der Waals surface area (Å²) in [6.45, 7) is 6.42. The van der Waals surface area contributed by atoms with Gasteiger partial charge < -0.3 is 5.32 Å². The van der Waals surface area contributed by atoms with E-state index in [4.69, 9.17) is 4.98 Å². The molecule has 0 spiro atoms. The van der Waals surface area contributed by atoms with Gasteiger partial charge in [-0.15, -0.1) is 0 Å². The lowest BCUT2D eigenvalue weighted by Crippen LogP contribution is -2.23. The third kappa shape index (κ3) is 2.46. The second-order valence-electron chi connectivity index (χ2n) is 5.91. The van der Waals surface area contributed by atoms with Crippen molar-refractivity contribution in [3.05, 3.63) is 59.2 Å². The highest BCUT2D eigenvalue weighted by Gasteiger charge is 2.27. The third-order valence-corrected chi connectivity index (χ3v) is 4.12. The van der Waals surface area contributed by atoms with Crippen molar-refractivity contribution >= 4 is 0 Å². The maximum absolute atomic E-state index is 4.87. The van der Waals surface area contributed by atoms with Gasteiger partial charge in [-0.3, -0.25) is 0 Å². The molecule has 3 rings (SSSR count). The predicted molar refractivity (Wildman–Crippen MR) is 80.9 cm³/mol. The topological polar surface area (TPSA) is 37.8 Å². The van der Waals surface area contributed by atoms with Gasteiger partial charge in [-0.2, -0.15) is 0 Å². The summed E-state index contributed by atoms with van der Waals surface area (Å²) in [5, 5.41) is 3.42. The summed E-state index contributed by atoms with van der Waals surface area (Å²) in [6.07, 6.45) is 4.05. The molecule has 104 valence electrons. The van der Waals surface area contributed by atoms with Gasteiger partial charge in [-0.05, 0) is 37.9 Å². The van der Waals surface area contributed by atoms with E-state index in [0.717, 1.165) is 31.8 Å². The minimum absolute atomic E-state index is 0.157. The Balaban J connectivity index is 2.00. The number of fused-ring (bicyclic) bond motifs is 1. The Morgan fingerprint density at radius 2 is 1.80 bits per heavy atom. The average molecular weight is 267 g/mol. The number of hydrogen-bond acceptors (Lipinski definition) is 3. The van der Waals surface area contributed by atoms with E-state index >= 15 is 0 Å². The molecule has 3 heteroatoms. The van der Waals surface area contributed by atoms with Crippen LogP contribution in [-0.4, -0.2) is 23.1 Å². The van der Waals surface area contributed by atoms with Crippen LogP contribution in [0.5, 0.6) is 0 Å². The molecule has 0 atom stereocenters. The molecule has 2 aromatic rings. The van der Waals surface area contributed by atoms with Crippen LogP contribution in [0.1, 0.15) is 36.5 Å². The first kappa shape index (κ1) is 13.3. The summed E-state index contributed by atoms with van der Waals surface area (Å²) >= 11 is 0. The smallest absolute Gasteiger partial charge is 0.138 e. The van der Waals surface area contributed by atoms with Gasteiger partial charge in [0.15, 0.2) is 0 Å². The summed E-state index contributed by atoms with van der Waals surface area (Å²) in [7, 11) is 0. The summed E-state index contributed by atoms with van der Waals surface area (Å²) in [5.74, 6) is 0.921. The van der Waals surface area contributed by atoms with Gasteiger partial charge in [-0.1, -0.05) is 30.3 Å². The Morgan fingerprint density at radius 3 is 2.60 bits per heavy atom. The Morgan fingerprint density at radius 1 is 1.05 bits per heavy atom. The molecule has 0 saturated heterocycles. The number of nitrogens with one attached hydrogen (secondary N) is 1. The summed E-state index contributed by atoms with van der Waals surface area (Å²) < 4.78 is 0. The molecular weight excluding hydrogens is 246 g/mol. The van der Waals surface area contributed by atoms with E-state index in [0.29, 0.717) is 0 Å². The number of hydrogen-bond donors (Lipinski definition) is 1. The Hall–Kier alpha value is -1.74. The Bertz CT molecular complexity index is 590. The van der Waals surface area contributed by atoms with E-state index in [-0.39, 0.29) is 5.41 Å². The van der Waals surface area contributed by atoms with E-state index < -0.39 is 0 Å². The van der Waals surface area contributed by atoms with E-state index in [1.165, 1.54) is 16.8 Å². The van der Waals surface area contributed by atoms with Crippen molar-refractivity contribution in [3.63, 3.8) is 0 Å². The molecule has 1 aliphatic rings. The van der Waals surface area contributed by atoms with Gasteiger partial charge in [0.1, 0.15) is 5.82 Å². The van der Waals surface area contributed by atoms with Gasteiger partial charge in [0.2, 0.25) is 0 Å². The molecule has 1 N–H and O–H groups in total. The second-order valence-corrected chi connectivity index (χ2v) is 5.91. The molecule has 2 heterocycles. The molecular formula is C17H21N3. The SMILES string of the molecule is CC(C)(c1ccccc1)c1ncc2c(n1)CCNCC2. The van der Waals surface area contributed by atoms with E-state index in [2.05, 4.69) is 48.4 Å². The van der Waals surface area contributed by atoms with Crippen LogP contribution in [0.4, 0.5) is 0 Å². The van der Waals surface area contributed by atoms with Crippen LogP contribution < -0.4 is 5.32 Å². The van der Waals surface area contributed by atoms with Crippen LogP contribution in [0, 0.1) is 0 Å². The van der Waals surface area contributed by atoms with Crippen molar-refractivity contribution in [3.8, 4) is 0 Å². The molecule has 1 aromatic heterocycles. The van der Waals surface area contributed by atoms with Crippen LogP contribution in [0.25, 0.3) is 0 Å². The molecule has 0 bridgehead atoms. The van der Waals surface area contributed by atoms with E-state index in [1.807, 2.05) is 12.3 Å². The molecule has 0 unspecified atom stereocenters. The zero-order chi connectivity index (χ0) is 14.0. The van der Waals surface area contributed by atoms with Crippen molar-refractivity contribution in [2.45, 2.75) is 32.1 Å². The molecule has 0 fully saturated rings. The fourth-order valence-corrected chi connectivity index (χ4v) is 2.71. The molecule has 0 saturated carbocycles. The zero-order valence-electron chi connectivity index (χ0n) is 12.2. The summed E-state index contributed by atoms with van der Waals surface area (Å²) in [5.41, 5.74) is 3.61. The quantitative estimate of drug-likeness (QED) is 0.908. The summed E-state index contributed by atoms with van der Waals surface area (Å²) in [4.78, 5) is 9.51. The maximum Gasteiger partial charge on any atom is 0.138 e. The van der Waals surface area contributed by atoms with Crippen molar-refractivity contribution < 1.29 is 0 Å². The van der Waals surface area contributed by atoms with Crippen LogP contribution in [0.15, 0.2) is 36.5 Å². The minimum Gasteiger partial charge on any atom is -0.316 e. The standard InChI is InChI=1S/C17H21N3/c1-17(2,14-6-4-3-5-7-14)16-19-12-13-8-10-18-11-9-15(13)20-16/h3-7,12,18H,8-11H2,1-2H3. The number of benzene rings is 1. The molecule has 1 aliphatic heterocycles. The lowest BCUT2D eigenvalue weighted by Gasteiger charge is -2.24. The van der Waals surface area contributed by atoms with Crippen molar-refractivity contribution in [1.29, 1.82) is 0 Å². The summed E-state index contributed by atoms with van der Waals surface area (Å²) in [6, 6.07) is 10.5. The van der Waals surface area contributed by atoms with Crippen molar-refractivity contribution in [2.75, 3.05) is 13.1 Å². The molecule has 0 aliphatic carbocycles. The number of nitrogens with zero attached hydrogens (tertiary/aromatic N) is 2. The van der Waals surface area contributed by atoms with Crippen LogP contribution in [0.3, 0.4) is 0 Å². The molecule has 1 aromatic carbocycles. The third-order valence-electron chi connectivity index (χ3n) is 4.12. The lowest BCUT2D eigenvalue weighted by atomic mass is 9.83. The highest BCUT2D eigenvalue weighted by molar-refractivity contribution is 5.32. The fourth-order valence-electron chi connectivity index (χ4n) is 2.71. The minimum atomic E-state index is -0.157. The van der Waals surface area contributed by atoms with Crippen LogP contribution >= 0.6 is 0 Å². The Labute approximate surface area is 120 Å². The largest absolute Gasteiger partial charge is 0.316 e. The maximum atomic E-state index is 4.87. The van der Waals surface area contributed by atoms with Crippen molar-refractivity contribution in [2.24, 2.45) is 0 Å². The van der Waals surface area contributed by atoms with Crippen LogP contribution in [0.2, 0.25) is 0 Å². The molecule has 0 amide bonds. The van der Waals surface area contributed by atoms with Gasteiger partial charge >= 0.3 is 0 Å². The highest BCUT2D eigenvalue weighted by atomic mass is 14.9. The predicted octanol–water partition coefficient (Wildman–Crippen LogP) is 2.49. The molecule has 3 nitrogen and oxygen atoms in total. The normalized spacial score (nSPS) is 15.5. The van der Waals surface area contributed by atoms with E-state index in [9.17, 15) is 0 Å². The molecule has 20 heavy (non-hydrogen) atoms. The van der Waals surface area contributed by atoms with E-state index in [1.54, 1.807) is 0 Å². The first-order chi connectivity index (χ1) is 9.68. The molecule has 0 radical (unpaired) electrons. The lowest BCUT2D eigenvalue weighted by molar-refractivity contribution is 0.583. The van der Waals surface area contributed by atoms with Gasteiger partial charge in [-0.25, -0.2) is 9.97 Å².